The summed E-state index contributed by atoms with van der Waals surface area (Å²) in [6.07, 6.45) is 17.6. The highest BCUT2D eigenvalue weighted by Gasteiger charge is 2.75. The monoisotopic (exact) mass is 550 g/mol. The van der Waals surface area contributed by atoms with Crippen LogP contribution in [0.15, 0.2) is 42.6 Å². The lowest BCUT2D eigenvalue weighted by atomic mass is 9.41. The van der Waals surface area contributed by atoms with Crippen molar-refractivity contribution >= 4 is 11.5 Å². The van der Waals surface area contributed by atoms with Crippen LogP contribution in [0.1, 0.15) is 86.5 Å². The van der Waals surface area contributed by atoms with E-state index in [4.69, 9.17) is 4.84 Å². The molecule has 40 heavy (non-hydrogen) atoms. The van der Waals surface area contributed by atoms with Crippen molar-refractivity contribution in [2.75, 3.05) is 10.3 Å². The molecule has 4 fully saturated rings. The summed E-state index contributed by atoms with van der Waals surface area (Å²) in [5.41, 5.74) is -0.789. The first kappa shape index (κ1) is 28.2. The minimum Gasteiger partial charge on any atom is -0.733 e. The summed E-state index contributed by atoms with van der Waals surface area (Å²) in [5, 5.41) is 33.6. The van der Waals surface area contributed by atoms with E-state index in [1.165, 1.54) is 19.0 Å². The molecule has 2 aliphatic heterocycles. The third-order valence-electron chi connectivity index (χ3n) is 12.6. The maximum absolute atomic E-state index is 11.5. The fourth-order valence-corrected chi connectivity index (χ4v) is 9.93. The molecule has 0 radical (unpaired) electrons. The van der Waals surface area contributed by atoms with Gasteiger partial charge in [0.05, 0.1) is 23.5 Å². The number of allylic oxidation sites excluding steroid dienone is 2. The number of pyridine rings is 1. The summed E-state index contributed by atoms with van der Waals surface area (Å²) in [5.74, 6) is 3.71. The number of hydrogen-bond donors (Lipinski definition) is 2. The number of anilines is 2. The van der Waals surface area contributed by atoms with E-state index in [9.17, 15) is 15.5 Å². The molecule has 7 heteroatoms. The van der Waals surface area contributed by atoms with E-state index in [1.54, 1.807) is 12.1 Å². The minimum atomic E-state index is -0.517. The van der Waals surface area contributed by atoms with E-state index >= 15 is 0 Å². The van der Waals surface area contributed by atoms with Crippen molar-refractivity contribution in [1.82, 2.24) is 4.98 Å². The summed E-state index contributed by atoms with van der Waals surface area (Å²) < 4.78 is 0. The Bertz CT molecular complexity index is 1170. The molecule has 3 heterocycles. The number of hydroxylamine groups is 1. The van der Waals surface area contributed by atoms with Gasteiger partial charge in [-0.1, -0.05) is 65.8 Å². The predicted molar refractivity (Wildman–Crippen MR) is 157 cm³/mol. The van der Waals surface area contributed by atoms with Crippen LogP contribution >= 0.6 is 0 Å². The maximum atomic E-state index is 11.5. The summed E-state index contributed by atoms with van der Waals surface area (Å²) in [6, 6.07) is 3.34. The molecule has 6 aliphatic rings. The molecule has 3 saturated carbocycles. The quantitative estimate of drug-likeness (QED) is 0.290. The number of hydrogen-bond acceptors (Lipinski definition) is 7. The molecule has 1 aromatic rings. The molecule has 220 valence electrons. The lowest BCUT2D eigenvalue weighted by molar-refractivity contribution is -0.273. The molecule has 10 atom stereocenters. The van der Waals surface area contributed by atoms with Crippen LogP contribution in [0.5, 0.6) is 0 Å². The van der Waals surface area contributed by atoms with Gasteiger partial charge < -0.3 is 15.5 Å². The topological polar surface area (TPSA) is 92.1 Å². The Morgan fingerprint density at radius 2 is 1.82 bits per heavy atom. The van der Waals surface area contributed by atoms with E-state index in [0.717, 1.165) is 25.7 Å². The highest BCUT2D eigenvalue weighted by atomic mass is 16.8. The second-order valence-corrected chi connectivity index (χ2v) is 14.6. The number of nitrogens with zero attached hydrogens (tertiary/aromatic N) is 3. The minimum absolute atomic E-state index is 0.0825. The van der Waals surface area contributed by atoms with E-state index in [0.29, 0.717) is 47.7 Å². The third kappa shape index (κ3) is 3.80. The molecule has 0 aromatic carbocycles. The summed E-state index contributed by atoms with van der Waals surface area (Å²) >= 11 is 0. The highest BCUT2D eigenvalue weighted by Crippen LogP contribution is 2.73. The Morgan fingerprint density at radius 3 is 2.50 bits per heavy atom. The van der Waals surface area contributed by atoms with E-state index in [2.05, 4.69) is 70.8 Å². The van der Waals surface area contributed by atoms with Crippen LogP contribution in [-0.2, 0) is 4.84 Å². The first-order valence-electron chi connectivity index (χ1n) is 15.6. The van der Waals surface area contributed by atoms with Gasteiger partial charge >= 0.3 is 0 Å². The normalized spacial score (nSPS) is 43.5. The van der Waals surface area contributed by atoms with E-state index in [1.807, 2.05) is 5.06 Å². The van der Waals surface area contributed by atoms with Gasteiger partial charge in [0.1, 0.15) is 5.60 Å². The average Bonchev–Trinajstić information content (AvgIpc) is 3.29. The Balaban J connectivity index is 1.40. The second kappa shape index (κ2) is 9.55. The first-order chi connectivity index (χ1) is 18.9. The van der Waals surface area contributed by atoms with Crippen LogP contribution < -0.4 is 10.3 Å². The van der Waals surface area contributed by atoms with Gasteiger partial charge in [-0.15, -0.1) is 0 Å². The van der Waals surface area contributed by atoms with E-state index < -0.39 is 17.2 Å². The number of aliphatic hydroxyl groups excluding tert-OH is 1. The lowest BCUT2D eigenvalue weighted by Gasteiger charge is -2.73. The SMILES string of the molecule is CC(C)C(C)C=CC(C)C1CCC2C1(C)CCC1C23C=CC2(CC(O)CCC12C)N(c1ccc(N([O-])O)cn1)O3. The molecular formula is C33H48N3O4-. The van der Waals surface area contributed by atoms with Crippen LogP contribution in [0.4, 0.5) is 11.5 Å². The number of fused-ring (bicyclic) bond motifs is 2. The standard InChI is InChI=1S/C33H48N3O4/c1-21(2)22(3)7-8-23(4)26-10-11-27-30(26,5)15-14-28-31(6)16-13-25(37)19-32(31)17-18-33(27,28)40-35(32)29-12-9-24(20-34-29)36(38)39/h7-9,12,17-18,20-23,25-28,37-38H,10-11,13-16,19H2,1-6H3/q-1. The number of rotatable bonds is 6. The Hall–Kier alpha value is -1.93. The Labute approximate surface area is 239 Å². The molecule has 0 amide bonds. The molecule has 4 aliphatic carbocycles. The van der Waals surface area contributed by atoms with Crippen LogP contribution in [-0.4, -0.2) is 32.5 Å². The zero-order valence-corrected chi connectivity index (χ0v) is 25.1. The number of aliphatic hydroxyl groups is 1. The van der Waals surface area contributed by atoms with Gasteiger partial charge in [0, 0.05) is 23.7 Å². The fourth-order valence-electron chi connectivity index (χ4n) is 9.93. The van der Waals surface area contributed by atoms with Crippen molar-refractivity contribution < 1.29 is 15.2 Å². The van der Waals surface area contributed by atoms with Crippen LogP contribution in [0.25, 0.3) is 0 Å². The summed E-state index contributed by atoms with van der Waals surface area (Å²) in [7, 11) is 0. The van der Waals surface area contributed by atoms with Gasteiger partial charge in [0.25, 0.3) is 0 Å². The van der Waals surface area contributed by atoms with Crippen molar-refractivity contribution in [2.45, 2.75) is 104 Å². The Kier molecular flexibility index (Phi) is 6.73. The molecule has 2 N–H and O–H groups in total. The largest absolute Gasteiger partial charge is 0.733 e. The Morgan fingerprint density at radius 1 is 1.05 bits per heavy atom. The predicted octanol–water partition coefficient (Wildman–Crippen LogP) is 7.05. The van der Waals surface area contributed by atoms with Gasteiger partial charge in [0.15, 0.2) is 5.82 Å². The molecule has 2 spiro atoms. The van der Waals surface area contributed by atoms with Gasteiger partial charge in [0.2, 0.25) is 0 Å². The zero-order chi connectivity index (χ0) is 28.7. The van der Waals surface area contributed by atoms with Crippen LogP contribution in [0.2, 0.25) is 0 Å². The van der Waals surface area contributed by atoms with Gasteiger partial charge in [-0.25, -0.2) is 10.0 Å². The zero-order valence-electron chi connectivity index (χ0n) is 25.1. The van der Waals surface area contributed by atoms with Crippen LogP contribution in [0.3, 0.4) is 0 Å². The number of aromatic nitrogens is 1. The van der Waals surface area contributed by atoms with E-state index in [-0.39, 0.29) is 21.7 Å². The fraction of sp³-hybridized carbons (Fsp3) is 0.727. The molecular weight excluding hydrogens is 502 g/mol. The van der Waals surface area contributed by atoms with Crippen molar-refractivity contribution in [3.8, 4) is 0 Å². The molecule has 10 unspecified atom stereocenters. The summed E-state index contributed by atoms with van der Waals surface area (Å²) in [6.45, 7) is 14.3. The molecule has 1 saturated heterocycles. The third-order valence-corrected chi connectivity index (χ3v) is 12.6. The van der Waals surface area contributed by atoms with Gasteiger partial charge in [-0.2, -0.15) is 0 Å². The van der Waals surface area contributed by atoms with Crippen molar-refractivity contribution in [3.63, 3.8) is 0 Å². The van der Waals surface area contributed by atoms with Gasteiger partial charge in [-0.05, 0) is 79.7 Å². The maximum Gasteiger partial charge on any atom is 0.153 e. The second-order valence-electron chi connectivity index (χ2n) is 14.6. The first-order valence-corrected chi connectivity index (χ1v) is 15.6. The molecule has 1 aromatic heterocycles. The molecule has 7 rings (SSSR count). The van der Waals surface area contributed by atoms with Crippen molar-refractivity contribution in [3.05, 3.63) is 47.8 Å². The van der Waals surface area contributed by atoms with Crippen molar-refractivity contribution in [2.24, 2.45) is 46.3 Å². The average molecular weight is 551 g/mol. The smallest absolute Gasteiger partial charge is 0.153 e. The highest BCUT2D eigenvalue weighted by molar-refractivity contribution is 5.54. The lowest BCUT2D eigenvalue weighted by Crippen LogP contribution is -2.79. The van der Waals surface area contributed by atoms with Crippen molar-refractivity contribution in [1.29, 1.82) is 0 Å². The van der Waals surface area contributed by atoms with Gasteiger partial charge in [-0.3, -0.25) is 10.0 Å². The molecule has 7 nitrogen and oxygen atoms in total. The summed E-state index contributed by atoms with van der Waals surface area (Å²) in [4.78, 5) is 11.9. The van der Waals surface area contributed by atoms with Crippen LogP contribution in [0, 0.1) is 51.5 Å². The molecule has 2 bridgehead atoms.